The van der Waals surface area contributed by atoms with E-state index in [1.165, 1.54) is 0 Å². The highest BCUT2D eigenvalue weighted by Gasteiger charge is 2.44. The van der Waals surface area contributed by atoms with Crippen molar-refractivity contribution in [3.63, 3.8) is 0 Å². The number of ether oxygens (including phenoxy) is 2. The van der Waals surface area contributed by atoms with Gasteiger partial charge in [0.1, 0.15) is 0 Å². The second-order valence-electron chi connectivity index (χ2n) is 3.85. The monoisotopic (exact) mass is 209 g/mol. The standard InChI is InChI=1S/C10H15N3O2/c1-6-7(14-2)12-9(10(11)4-5-10)13-8(6)15-3/h4-5,11H2,1-3H3. The molecule has 0 amide bonds. The van der Waals surface area contributed by atoms with Crippen LogP contribution in [0.2, 0.25) is 0 Å². The molecule has 1 aliphatic carbocycles. The molecule has 5 heteroatoms. The first-order valence-corrected chi connectivity index (χ1v) is 4.86. The maximum absolute atomic E-state index is 6.03. The molecule has 2 N–H and O–H groups in total. The summed E-state index contributed by atoms with van der Waals surface area (Å²) in [5, 5.41) is 0. The smallest absolute Gasteiger partial charge is 0.223 e. The van der Waals surface area contributed by atoms with Crippen molar-refractivity contribution < 1.29 is 9.47 Å². The van der Waals surface area contributed by atoms with E-state index < -0.39 is 0 Å². The molecule has 0 aromatic carbocycles. The Morgan fingerprint density at radius 3 is 1.93 bits per heavy atom. The van der Waals surface area contributed by atoms with Crippen LogP contribution in [0, 0.1) is 6.92 Å². The lowest BCUT2D eigenvalue weighted by Crippen LogP contribution is -2.23. The fourth-order valence-corrected chi connectivity index (χ4v) is 1.45. The Morgan fingerprint density at radius 1 is 1.13 bits per heavy atom. The zero-order chi connectivity index (χ0) is 11.1. The molecule has 5 nitrogen and oxygen atoms in total. The molecule has 1 aromatic rings. The molecule has 0 radical (unpaired) electrons. The van der Waals surface area contributed by atoms with Gasteiger partial charge in [-0.1, -0.05) is 0 Å². The minimum Gasteiger partial charge on any atom is -0.481 e. The molecule has 0 atom stereocenters. The minimum atomic E-state index is -0.367. The molecular formula is C10H15N3O2. The first-order valence-electron chi connectivity index (χ1n) is 4.86. The van der Waals surface area contributed by atoms with E-state index in [2.05, 4.69) is 9.97 Å². The lowest BCUT2D eigenvalue weighted by molar-refractivity contribution is 0.359. The fourth-order valence-electron chi connectivity index (χ4n) is 1.45. The van der Waals surface area contributed by atoms with Gasteiger partial charge in [0, 0.05) is 0 Å². The third kappa shape index (κ3) is 1.63. The second-order valence-corrected chi connectivity index (χ2v) is 3.85. The summed E-state index contributed by atoms with van der Waals surface area (Å²) in [5.41, 5.74) is 6.46. The molecule has 1 aliphatic rings. The summed E-state index contributed by atoms with van der Waals surface area (Å²) in [6.45, 7) is 1.86. The van der Waals surface area contributed by atoms with Gasteiger partial charge in [-0.25, -0.2) is 0 Å². The topological polar surface area (TPSA) is 70.3 Å². The van der Waals surface area contributed by atoms with Gasteiger partial charge in [-0.15, -0.1) is 0 Å². The second kappa shape index (κ2) is 3.34. The van der Waals surface area contributed by atoms with E-state index >= 15 is 0 Å². The van der Waals surface area contributed by atoms with Crippen molar-refractivity contribution in [3.8, 4) is 11.8 Å². The molecule has 0 bridgehead atoms. The number of aromatic nitrogens is 2. The van der Waals surface area contributed by atoms with Gasteiger partial charge in [-0.3, -0.25) is 0 Å². The Kier molecular flexibility index (Phi) is 2.26. The maximum atomic E-state index is 6.03. The molecule has 1 aromatic heterocycles. The van der Waals surface area contributed by atoms with Crippen LogP contribution in [0.1, 0.15) is 24.2 Å². The minimum absolute atomic E-state index is 0.367. The van der Waals surface area contributed by atoms with Crippen LogP contribution in [0.5, 0.6) is 11.8 Å². The first-order chi connectivity index (χ1) is 7.10. The Labute approximate surface area is 88.6 Å². The zero-order valence-electron chi connectivity index (χ0n) is 9.20. The molecule has 0 saturated heterocycles. The SMILES string of the molecule is COc1nc(C2(N)CC2)nc(OC)c1C. The van der Waals surface area contributed by atoms with Crippen LogP contribution in [-0.2, 0) is 5.54 Å². The van der Waals surface area contributed by atoms with E-state index in [1.54, 1.807) is 14.2 Å². The predicted molar refractivity (Wildman–Crippen MR) is 55.0 cm³/mol. The van der Waals surface area contributed by atoms with Crippen LogP contribution in [0.4, 0.5) is 0 Å². The molecule has 0 unspecified atom stereocenters. The van der Waals surface area contributed by atoms with Crippen molar-refractivity contribution in [2.75, 3.05) is 14.2 Å². The van der Waals surface area contributed by atoms with E-state index in [9.17, 15) is 0 Å². The Hall–Kier alpha value is -1.36. The lowest BCUT2D eigenvalue weighted by atomic mass is 10.2. The van der Waals surface area contributed by atoms with Crippen molar-refractivity contribution in [2.45, 2.75) is 25.3 Å². The van der Waals surface area contributed by atoms with Crippen LogP contribution in [0.3, 0.4) is 0 Å². The van der Waals surface area contributed by atoms with E-state index in [1.807, 2.05) is 6.92 Å². The van der Waals surface area contributed by atoms with Crippen LogP contribution in [0.25, 0.3) is 0 Å². The molecule has 1 heterocycles. The van der Waals surface area contributed by atoms with Crippen molar-refractivity contribution in [1.29, 1.82) is 0 Å². The fraction of sp³-hybridized carbons (Fsp3) is 0.600. The van der Waals surface area contributed by atoms with E-state index in [0.29, 0.717) is 17.6 Å². The summed E-state index contributed by atoms with van der Waals surface area (Å²) in [6.07, 6.45) is 1.84. The molecule has 15 heavy (non-hydrogen) atoms. The number of rotatable bonds is 3. The number of hydrogen-bond donors (Lipinski definition) is 1. The van der Waals surface area contributed by atoms with Crippen molar-refractivity contribution in [1.82, 2.24) is 9.97 Å². The average molecular weight is 209 g/mol. The third-order valence-corrected chi connectivity index (χ3v) is 2.68. The van der Waals surface area contributed by atoms with Crippen LogP contribution >= 0.6 is 0 Å². The van der Waals surface area contributed by atoms with Crippen LogP contribution in [0.15, 0.2) is 0 Å². The Bertz CT molecular complexity index is 363. The van der Waals surface area contributed by atoms with Crippen LogP contribution in [-0.4, -0.2) is 24.2 Å². The molecule has 2 rings (SSSR count). The quantitative estimate of drug-likeness (QED) is 0.795. The Balaban J connectivity index is 2.49. The summed E-state index contributed by atoms with van der Waals surface area (Å²) in [4.78, 5) is 8.59. The number of nitrogens with zero attached hydrogens (tertiary/aromatic N) is 2. The van der Waals surface area contributed by atoms with E-state index in [0.717, 1.165) is 18.4 Å². The number of methoxy groups -OCH3 is 2. The highest BCUT2D eigenvalue weighted by atomic mass is 16.5. The van der Waals surface area contributed by atoms with E-state index in [-0.39, 0.29) is 5.54 Å². The molecular weight excluding hydrogens is 194 g/mol. The predicted octanol–water partition coefficient (Wildman–Crippen LogP) is 0.750. The largest absolute Gasteiger partial charge is 0.481 e. The highest BCUT2D eigenvalue weighted by molar-refractivity contribution is 5.36. The normalized spacial score (nSPS) is 17.3. The van der Waals surface area contributed by atoms with Gasteiger partial charge in [0.15, 0.2) is 5.82 Å². The van der Waals surface area contributed by atoms with Gasteiger partial charge in [0.05, 0.1) is 25.3 Å². The number of hydrogen-bond acceptors (Lipinski definition) is 5. The average Bonchev–Trinajstić information content (AvgIpc) is 2.98. The summed E-state index contributed by atoms with van der Waals surface area (Å²) in [7, 11) is 3.16. The third-order valence-electron chi connectivity index (χ3n) is 2.68. The molecule has 82 valence electrons. The zero-order valence-corrected chi connectivity index (χ0v) is 9.20. The van der Waals surface area contributed by atoms with Gasteiger partial charge < -0.3 is 15.2 Å². The summed E-state index contributed by atoms with van der Waals surface area (Å²) in [6, 6.07) is 0. The van der Waals surface area contributed by atoms with Gasteiger partial charge in [0.25, 0.3) is 0 Å². The molecule has 0 spiro atoms. The van der Waals surface area contributed by atoms with Gasteiger partial charge in [-0.2, -0.15) is 9.97 Å². The van der Waals surface area contributed by atoms with Gasteiger partial charge >= 0.3 is 0 Å². The molecule has 0 aliphatic heterocycles. The Morgan fingerprint density at radius 2 is 1.60 bits per heavy atom. The summed E-state index contributed by atoms with van der Waals surface area (Å²) in [5.74, 6) is 1.68. The molecule has 1 fully saturated rings. The number of nitrogens with two attached hydrogens (primary N) is 1. The van der Waals surface area contributed by atoms with Crippen molar-refractivity contribution in [2.24, 2.45) is 5.73 Å². The van der Waals surface area contributed by atoms with Crippen LogP contribution < -0.4 is 15.2 Å². The molecule has 1 saturated carbocycles. The highest BCUT2D eigenvalue weighted by Crippen LogP contribution is 2.42. The van der Waals surface area contributed by atoms with E-state index in [4.69, 9.17) is 15.2 Å². The summed E-state index contributed by atoms with van der Waals surface area (Å²) < 4.78 is 10.3. The lowest BCUT2D eigenvalue weighted by Gasteiger charge is -2.13. The van der Waals surface area contributed by atoms with Crippen molar-refractivity contribution in [3.05, 3.63) is 11.4 Å². The van der Waals surface area contributed by atoms with Crippen molar-refractivity contribution >= 4 is 0 Å². The first kappa shape index (κ1) is 10.2. The van der Waals surface area contributed by atoms with Gasteiger partial charge in [-0.05, 0) is 19.8 Å². The maximum Gasteiger partial charge on any atom is 0.223 e. The summed E-state index contributed by atoms with van der Waals surface area (Å²) >= 11 is 0. The van der Waals surface area contributed by atoms with Gasteiger partial charge in [0.2, 0.25) is 11.8 Å².